The minimum Gasteiger partial charge on any atom is -0.460 e. The average molecular weight is 519 g/mol. The molecule has 1 heterocycles. The second-order valence-corrected chi connectivity index (χ2v) is 10.3. The zero-order chi connectivity index (χ0) is 27.6. The summed E-state index contributed by atoms with van der Waals surface area (Å²) < 4.78 is 6.93. The van der Waals surface area contributed by atoms with E-state index in [4.69, 9.17) is 9.84 Å². The monoisotopic (exact) mass is 518 g/mol. The van der Waals surface area contributed by atoms with E-state index in [1.165, 1.54) is 6.07 Å². The van der Waals surface area contributed by atoms with Gasteiger partial charge in [-0.15, -0.1) is 0 Å². The molecule has 0 bridgehead atoms. The number of hydrogen-bond acceptors (Lipinski definition) is 7. The third-order valence-electron chi connectivity index (χ3n) is 6.18. The van der Waals surface area contributed by atoms with Crippen molar-refractivity contribution in [1.29, 1.82) is 0 Å². The maximum Gasteiger partial charge on any atom is 0.306 e. The van der Waals surface area contributed by atoms with Gasteiger partial charge in [0.05, 0.1) is 23.1 Å². The van der Waals surface area contributed by atoms with E-state index in [1.54, 1.807) is 49.6 Å². The molecular formula is C29H30N2O7. The van der Waals surface area contributed by atoms with Crippen molar-refractivity contribution in [2.45, 2.75) is 58.6 Å². The summed E-state index contributed by atoms with van der Waals surface area (Å²) in [6, 6.07) is 11.8. The standard InChI is InChI=1S/C29H30N2O7/c1-29(2,3)38-24(35)10-6-7-13-31-26-20-8-4-5-9-21(20)27(36)25(26)19-12-11-17(14-22(19)28(31)37)30-23(34)15-18(33)16-32/h4-5,8-9,11-12,14,32H,6-7,10,13,15-16H2,1-3H3,(H,30,34). The van der Waals surface area contributed by atoms with Crippen LogP contribution in [0.4, 0.5) is 5.69 Å². The molecule has 0 fully saturated rings. The number of aliphatic hydroxyl groups is 1. The minimum absolute atomic E-state index is 0.187. The van der Waals surface area contributed by atoms with Crippen molar-refractivity contribution in [1.82, 2.24) is 4.57 Å². The number of aromatic nitrogens is 1. The lowest BCUT2D eigenvalue weighted by Crippen LogP contribution is -2.25. The van der Waals surface area contributed by atoms with Crippen LogP contribution in [0.25, 0.3) is 22.0 Å². The van der Waals surface area contributed by atoms with Gasteiger partial charge in [-0.25, -0.2) is 0 Å². The number of ether oxygens (including phenoxy) is 1. The zero-order valence-corrected chi connectivity index (χ0v) is 21.6. The van der Waals surface area contributed by atoms with E-state index in [0.29, 0.717) is 46.3 Å². The van der Waals surface area contributed by atoms with E-state index in [0.717, 1.165) is 0 Å². The van der Waals surface area contributed by atoms with Crippen LogP contribution in [0.5, 0.6) is 0 Å². The molecule has 1 aliphatic rings. The lowest BCUT2D eigenvalue weighted by Gasteiger charge is -2.19. The van der Waals surface area contributed by atoms with Crippen molar-refractivity contribution in [3.63, 3.8) is 0 Å². The van der Waals surface area contributed by atoms with Gasteiger partial charge in [0.1, 0.15) is 12.2 Å². The minimum atomic E-state index is -0.738. The first-order chi connectivity index (χ1) is 18.0. The molecule has 0 spiro atoms. The van der Waals surface area contributed by atoms with Gasteiger partial charge in [-0.05, 0) is 45.7 Å². The lowest BCUT2D eigenvalue weighted by molar-refractivity contribution is -0.155. The Labute approximate surface area is 219 Å². The zero-order valence-electron chi connectivity index (χ0n) is 21.6. The van der Waals surface area contributed by atoms with Gasteiger partial charge in [-0.2, -0.15) is 0 Å². The second-order valence-electron chi connectivity index (χ2n) is 10.3. The van der Waals surface area contributed by atoms with E-state index < -0.39 is 30.3 Å². The number of carbonyl (C=O) groups excluding carboxylic acids is 4. The SMILES string of the molecule is CC(C)(C)OC(=O)CCCCn1c2c(c3ccc(NC(=O)CC(=O)CO)cc3c1=O)C(=O)c1ccccc1-2. The first-order valence-corrected chi connectivity index (χ1v) is 12.5. The van der Waals surface area contributed by atoms with Crippen molar-refractivity contribution < 1.29 is 29.0 Å². The molecule has 0 radical (unpaired) electrons. The predicted octanol–water partition coefficient (Wildman–Crippen LogP) is 3.61. The number of benzene rings is 2. The third-order valence-corrected chi connectivity index (χ3v) is 6.18. The molecule has 198 valence electrons. The molecule has 38 heavy (non-hydrogen) atoms. The van der Waals surface area contributed by atoms with E-state index in [1.807, 2.05) is 12.1 Å². The Morgan fingerprint density at radius 3 is 2.37 bits per heavy atom. The molecule has 1 aromatic heterocycles. The highest BCUT2D eigenvalue weighted by Crippen LogP contribution is 2.39. The Morgan fingerprint density at radius 1 is 0.974 bits per heavy atom. The van der Waals surface area contributed by atoms with E-state index >= 15 is 0 Å². The van der Waals surface area contributed by atoms with Gasteiger partial charge in [0, 0.05) is 35.2 Å². The molecule has 2 aromatic carbocycles. The molecule has 0 saturated heterocycles. The fraction of sp³-hybridized carbons (Fsp3) is 0.345. The number of hydrogen-bond donors (Lipinski definition) is 2. The maximum atomic E-state index is 13.7. The molecule has 1 aliphatic carbocycles. The van der Waals surface area contributed by atoms with Crippen molar-refractivity contribution in [3.05, 3.63) is 63.9 Å². The summed E-state index contributed by atoms with van der Waals surface area (Å²) in [5.41, 5.74) is 1.55. The first kappa shape index (κ1) is 26.9. The highest BCUT2D eigenvalue weighted by molar-refractivity contribution is 6.26. The largest absolute Gasteiger partial charge is 0.460 e. The van der Waals surface area contributed by atoms with Crippen LogP contribution in [0, 0.1) is 0 Å². The summed E-state index contributed by atoms with van der Waals surface area (Å²) in [4.78, 5) is 62.8. The molecular weight excluding hydrogens is 488 g/mol. The van der Waals surface area contributed by atoms with Crippen molar-refractivity contribution in [3.8, 4) is 11.3 Å². The predicted molar refractivity (Wildman–Crippen MR) is 142 cm³/mol. The number of ketones is 2. The van der Waals surface area contributed by atoms with Gasteiger partial charge < -0.3 is 19.7 Å². The number of fused-ring (bicyclic) bond motifs is 5. The van der Waals surface area contributed by atoms with Crippen LogP contribution in [0.15, 0.2) is 47.3 Å². The number of Topliss-reactive ketones (excluding diaryl/α,β-unsaturated/α-hetero) is 1. The van der Waals surface area contributed by atoms with Gasteiger partial charge in [0.2, 0.25) is 5.91 Å². The van der Waals surface area contributed by atoms with Crippen LogP contribution in [0.1, 0.15) is 62.4 Å². The summed E-state index contributed by atoms with van der Waals surface area (Å²) in [5.74, 6) is -1.74. The number of aliphatic hydroxyl groups excluding tert-OH is 1. The molecule has 3 aromatic rings. The summed E-state index contributed by atoms with van der Waals surface area (Å²) in [6.45, 7) is 4.96. The Morgan fingerprint density at radius 2 is 1.68 bits per heavy atom. The summed E-state index contributed by atoms with van der Waals surface area (Å²) in [5, 5.41) is 12.2. The number of unbranched alkanes of at least 4 members (excludes halogenated alkanes) is 1. The lowest BCUT2D eigenvalue weighted by atomic mass is 10.0. The number of carbonyl (C=O) groups is 4. The molecule has 0 saturated carbocycles. The van der Waals surface area contributed by atoms with Crippen molar-refractivity contribution in [2.24, 2.45) is 0 Å². The number of rotatable bonds is 9. The molecule has 4 rings (SSSR count). The Hall–Kier alpha value is -4.11. The topological polar surface area (TPSA) is 132 Å². The molecule has 0 atom stereocenters. The van der Waals surface area contributed by atoms with Crippen LogP contribution in [-0.2, 0) is 25.7 Å². The van der Waals surface area contributed by atoms with Crippen LogP contribution in [0.2, 0.25) is 0 Å². The fourth-order valence-electron chi connectivity index (χ4n) is 4.64. The van der Waals surface area contributed by atoms with Crippen LogP contribution >= 0.6 is 0 Å². The number of amides is 1. The quantitative estimate of drug-likeness (QED) is 0.197. The van der Waals surface area contributed by atoms with Crippen molar-refractivity contribution in [2.75, 3.05) is 11.9 Å². The van der Waals surface area contributed by atoms with Crippen LogP contribution in [-0.4, -0.2) is 45.3 Å². The van der Waals surface area contributed by atoms with Crippen LogP contribution < -0.4 is 10.9 Å². The first-order valence-electron chi connectivity index (χ1n) is 12.5. The second kappa shape index (κ2) is 10.7. The van der Waals surface area contributed by atoms with Crippen LogP contribution in [0.3, 0.4) is 0 Å². The Bertz CT molecular complexity index is 1510. The van der Waals surface area contributed by atoms with E-state index in [9.17, 15) is 24.0 Å². The van der Waals surface area contributed by atoms with Gasteiger partial charge in [0.25, 0.3) is 5.56 Å². The van der Waals surface area contributed by atoms with Gasteiger partial charge in [-0.1, -0.05) is 30.3 Å². The van der Waals surface area contributed by atoms with Gasteiger partial charge in [-0.3, -0.25) is 24.0 Å². The Kier molecular flexibility index (Phi) is 7.59. The third kappa shape index (κ3) is 5.57. The molecule has 0 unspecified atom stereocenters. The number of nitrogens with zero attached hydrogens (tertiary/aromatic N) is 1. The average Bonchev–Trinajstić information content (AvgIpc) is 3.15. The Balaban J connectivity index is 1.70. The number of nitrogens with one attached hydrogen (secondary N) is 1. The fourth-order valence-corrected chi connectivity index (χ4v) is 4.64. The van der Waals surface area contributed by atoms with Gasteiger partial charge >= 0.3 is 5.97 Å². The molecule has 9 nitrogen and oxygen atoms in total. The highest BCUT2D eigenvalue weighted by Gasteiger charge is 2.32. The summed E-state index contributed by atoms with van der Waals surface area (Å²) in [7, 11) is 0. The highest BCUT2D eigenvalue weighted by atomic mass is 16.6. The number of anilines is 1. The molecule has 1 amide bonds. The molecule has 0 aliphatic heterocycles. The van der Waals surface area contributed by atoms with E-state index in [2.05, 4.69) is 5.32 Å². The number of pyridine rings is 1. The molecule has 2 N–H and O–H groups in total. The smallest absolute Gasteiger partial charge is 0.306 e. The maximum absolute atomic E-state index is 13.7. The molecule has 9 heteroatoms. The normalized spacial score (nSPS) is 12.3. The van der Waals surface area contributed by atoms with Crippen molar-refractivity contribution >= 4 is 39.9 Å². The number of esters is 1. The van der Waals surface area contributed by atoms with E-state index in [-0.39, 0.29) is 35.7 Å². The summed E-state index contributed by atoms with van der Waals surface area (Å²) >= 11 is 0. The summed E-state index contributed by atoms with van der Waals surface area (Å²) in [6.07, 6.45) is 0.723. The van der Waals surface area contributed by atoms with Gasteiger partial charge in [0.15, 0.2) is 11.6 Å².